The van der Waals surface area contributed by atoms with Crippen molar-refractivity contribution in [3.63, 3.8) is 0 Å². The van der Waals surface area contributed by atoms with E-state index in [0.717, 1.165) is 33.6 Å². The Kier molecular flexibility index (Phi) is 3.23. The number of aromatic nitrogens is 2. The molecule has 3 rings (SSSR count). The normalized spacial score (nSPS) is 10.8. The highest BCUT2D eigenvalue weighted by molar-refractivity contribution is 7.07. The van der Waals surface area contributed by atoms with Crippen molar-refractivity contribution >= 4 is 39.5 Å². The molecule has 19 heavy (non-hydrogen) atoms. The summed E-state index contributed by atoms with van der Waals surface area (Å²) in [6.45, 7) is 0.570. The van der Waals surface area contributed by atoms with E-state index in [-0.39, 0.29) is 4.87 Å². The zero-order valence-corrected chi connectivity index (χ0v) is 11.4. The molecular formula is C13H10ClN3OS. The lowest BCUT2D eigenvalue weighted by atomic mass is 10.2. The van der Waals surface area contributed by atoms with Gasteiger partial charge >= 0.3 is 4.87 Å². The summed E-state index contributed by atoms with van der Waals surface area (Å²) >= 11 is 7.11. The standard InChI is InChI=1S/C13H10ClN3OS/c14-8-1-2-10-11(3-4-15-12(10)5-8)16-6-9-7-19-13(18)17-9/h1-5,7H,6H2,(H,15,16)(H,17,18). The van der Waals surface area contributed by atoms with Gasteiger partial charge in [-0.05, 0) is 24.3 Å². The molecule has 0 bridgehead atoms. The minimum absolute atomic E-state index is 0.0387. The Morgan fingerprint density at radius 1 is 1.37 bits per heavy atom. The third-order valence-electron chi connectivity index (χ3n) is 2.74. The van der Waals surface area contributed by atoms with Gasteiger partial charge < -0.3 is 10.3 Å². The average Bonchev–Trinajstić information content (AvgIpc) is 2.81. The molecule has 4 nitrogen and oxygen atoms in total. The molecule has 0 radical (unpaired) electrons. The number of thiazole rings is 1. The van der Waals surface area contributed by atoms with E-state index in [1.54, 1.807) is 6.20 Å². The SMILES string of the molecule is O=c1[nH]c(CNc2ccnc3cc(Cl)ccc23)cs1. The molecule has 3 aromatic rings. The van der Waals surface area contributed by atoms with Gasteiger partial charge in [-0.3, -0.25) is 9.78 Å². The molecule has 0 saturated carbocycles. The van der Waals surface area contributed by atoms with E-state index in [9.17, 15) is 4.79 Å². The van der Waals surface area contributed by atoms with Gasteiger partial charge in [-0.15, -0.1) is 0 Å². The Morgan fingerprint density at radius 3 is 3.05 bits per heavy atom. The van der Waals surface area contributed by atoms with Crippen molar-refractivity contribution in [2.45, 2.75) is 6.54 Å². The molecule has 2 heterocycles. The second kappa shape index (κ2) is 5.03. The van der Waals surface area contributed by atoms with Gasteiger partial charge in [0.25, 0.3) is 0 Å². The third kappa shape index (κ3) is 2.62. The van der Waals surface area contributed by atoms with Crippen molar-refractivity contribution in [2.24, 2.45) is 0 Å². The molecule has 0 saturated heterocycles. The topological polar surface area (TPSA) is 57.8 Å². The molecule has 0 atom stereocenters. The molecule has 0 aliphatic rings. The molecule has 96 valence electrons. The van der Waals surface area contributed by atoms with Crippen LogP contribution >= 0.6 is 22.9 Å². The number of nitrogens with zero attached hydrogens (tertiary/aromatic N) is 1. The third-order valence-corrected chi connectivity index (χ3v) is 3.70. The fourth-order valence-corrected chi connectivity index (χ4v) is 2.61. The Balaban J connectivity index is 1.90. The van der Waals surface area contributed by atoms with E-state index < -0.39 is 0 Å². The Hall–Kier alpha value is -1.85. The lowest BCUT2D eigenvalue weighted by Crippen LogP contribution is -2.03. The minimum Gasteiger partial charge on any atom is -0.379 e. The number of benzene rings is 1. The van der Waals surface area contributed by atoms with Gasteiger partial charge in [-0.1, -0.05) is 22.9 Å². The number of anilines is 1. The quantitative estimate of drug-likeness (QED) is 0.779. The van der Waals surface area contributed by atoms with Crippen molar-refractivity contribution in [2.75, 3.05) is 5.32 Å². The summed E-state index contributed by atoms with van der Waals surface area (Å²) in [5.41, 5.74) is 2.68. The van der Waals surface area contributed by atoms with E-state index in [2.05, 4.69) is 15.3 Å². The number of hydrogen-bond donors (Lipinski definition) is 2. The highest BCUT2D eigenvalue weighted by Gasteiger charge is 2.03. The maximum atomic E-state index is 11.1. The maximum Gasteiger partial charge on any atom is 0.304 e. The number of rotatable bonds is 3. The summed E-state index contributed by atoms with van der Waals surface area (Å²) < 4.78 is 0. The molecule has 0 aliphatic heterocycles. The first kappa shape index (κ1) is 12.2. The minimum atomic E-state index is -0.0387. The molecule has 2 aromatic heterocycles. The summed E-state index contributed by atoms with van der Waals surface area (Å²) in [4.78, 5) is 18.1. The molecule has 0 spiro atoms. The number of halogens is 1. The van der Waals surface area contributed by atoms with Gasteiger partial charge in [0.05, 0.1) is 12.1 Å². The molecule has 0 fully saturated rings. The lowest BCUT2D eigenvalue weighted by Gasteiger charge is -2.08. The van der Waals surface area contributed by atoms with Crippen LogP contribution in [0.1, 0.15) is 5.69 Å². The van der Waals surface area contributed by atoms with Crippen LogP contribution in [-0.4, -0.2) is 9.97 Å². The fraction of sp³-hybridized carbons (Fsp3) is 0.0769. The van der Waals surface area contributed by atoms with Crippen molar-refractivity contribution in [1.82, 2.24) is 9.97 Å². The average molecular weight is 292 g/mol. The second-order valence-corrected chi connectivity index (χ2v) is 5.33. The highest BCUT2D eigenvalue weighted by atomic mass is 35.5. The predicted molar refractivity (Wildman–Crippen MR) is 79.0 cm³/mol. The fourth-order valence-electron chi connectivity index (χ4n) is 1.87. The molecule has 0 amide bonds. The number of hydrogen-bond acceptors (Lipinski definition) is 4. The molecular weight excluding hydrogens is 282 g/mol. The van der Waals surface area contributed by atoms with Crippen molar-refractivity contribution in [3.8, 4) is 0 Å². The Morgan fingerprint density at radius 2 is 2.26 bits per heavy atom. The molecule has 1 aromatic carbocycles. The molecule has 2 N–H and O–H groups in total. The van der Waals surface area contributed by atoms with Crippen LogP contribution in [0.25, 0.3) is 10.9 Å². The number of H-pyrrole nitrogens is 1. The van der Waals surface area contributed by atoms with Crippen LogP contribution in [0.15, 0.2) is 40.6 Å². The summed E-state index contributed by atoms with van der Waals surface area (Å²) in [5.74, 6) is 0. The zero-order chi connectivity index (χ0) is 13.2. The largest absolute Gasteiger partial charge is 0.379 e. The van der Waals surface area contributed by atoms with Crippen molar-refractivity contribution in [1.29, 1.82) is 0 Å². The van der Waals surface area contributed by atoms with E-state index >= 15 is 0 Å². The van der Waals surface area contributed by atoms with Crippen molar-refractivity contribution < 1.29 is 0 Å². The molecule has 6 heteroatoms. The number of aromatic amines is 1. The van der Waals surface area contributed by atoms with Crippen LogP contribution in [0.4, 0.5) is 5.69 Å². The molecule has 0 unspecified atom stereocenters. The van der Waals surface area contributed by atoms with Gasteiger partial charge in [0.1, 0.15) is 0 Å². The highest BCUT2D eigenvalue weighted by Crippen LogP contribution is 2.24. The summed E-state index contributed by atoms with van der Waals surface area (Å²) in [6, 6.07) is 7.50. The smallest absolute Gasteiger partial charge is 0.304 e. The van der Waals surface area contributed by atoms with Gasteiger partial charge in [0, 0.05) is 33.4 Å². The first-order valence-corrected chi connectivity index (χ1v) is 6.93. The number of pyridine rings is 1. The van der Waals surface area contributed by atoms with Crippen LogP contribution < -0.4 is 10.2 Å². The summed E-state index contributed by atoms with van der Waals surface area (Å²) in [6.07, 6.45) is 1.73. The van der Waals surface area contributed by atoms with Crippen LogP contribution in [-0.2, 0) is 6.54 Å². The Bertz CT molecular complexity index is 781. The van der Waals surface area contributed by atoms with Crippen LogP contribution in [0.2, 0.25) is 5.02 Å². The predicted octanol–water partition coefficient (Wildman–Crippen LogP) is 3.25. The molecule has 0 aliphatic carbocycles. The zero-order valence-electron chi connectivity index (χ0n) is 9.81. The maximum absolute atomic E-state index is 11.1. The van der Waals surface area contributed by atoms with Gasteiger partial charge in [-0.2, -0.15) is 0 Å². The van der Waals surface area contributed by atoms with Gasteiger partial charge in [0.15, 0.2) is 0 Å². The number of fused-ring (bicyclic) bond motifs is 1. The first-order chi connectivity index (χ1) is 9.22. The van der Waals surface area contributed by atoms with E-state index in [1.165, 1.54) is 0 Å². The second-order valence-electron chi connectivity index (χ2n) is 4.05. The van der Waals surface area contributed by atoms with Crippen LogP contribution in [0.5, 0.6) is 0 Å². The van der Waals surface area contributed by atoms with Gasteiger partial charge in [0.2, 0.25) is 0 Å². The first-order valence-electron chi connectivity index (χ1n) is 5.67. The van der Waals surface area contributed by atoms with Crippen LogP contribution in [0.3, 0.4) is 0 Å². The lowest BCUT2D eigenvalue weighted by molar-refractivity contribution is 1.06. The van der Waals surface area contributed by atoms with E-state index in [4.69, 9.17) is 11.6 Å². The van der Waals surface area contributed by atoms with Gasteiger partial charge in [-0.25, -0.2) is 0 Å². The summed E-state index contributed by atoms with van der Waals surface area (Å²) in [5, 5.41) is 6.78. The summed E-state index contributed by atoms with van der Waals surface area (Å²) in [7, 11) is 0. The van der Waals surface area contributed by atoms with Crippen LogP contribution in [0, 0.1) is 0 Å². The van der Waals surface area contributed by atoms with E-state index in [0.29, 0.717) is 11.6 Å². The van der Waals surface area contributed by atoms with E-state index in [1.807, 2.05) is 29.6 Å². The Labute approximate surface area is 118 Å². The van der Waals surface area contributed by atoms with Crippen molar-refractivity contribution in [3.05, 3.63) is 56.2 Å². The monoisotopic (exact) mass is 291 g/mol. The number of nitrogens with one attached hydrogen (secondary N) is 2.